The second-order valence-electron chi connectivity index (χ2n) is 15.0. The Bertz CT molecular complexity index is 932. The molecule has 36 heavy (non-hydrogen) atoms. The van der Waals surface area contributed by atoms with Gasteiger partial charge < -0.3 is 15.1 Å². The summed E-state index contributed by atoms with van der Waals surface area (Å²) < 4.78 is 0. The van der Waals surface area contributed by atoms with Crippen molar-refractivity contribution in [3.8, 4) is 0 Å². The van der Waals surface area contributed by atoms with Gasteiger partial charge in [0.05, 0.1) is 18.6 Å². The van der Waals surface area contributed by atoms with Gasteiger partial charge >= 0.3 is 5.97 Å². The van der Waals surface area contributed by atoms with E-state index in [1.807, 2.05) is 0 Å². The highest BCUT2D eigenvalue weighted by Gasteiger charge is 2.74. The number of carbonyl (C=O) groups is 1. The van der Waals surface area contributed by atoms with Crippen LogP contribution < -0.4 is 5.48 Å². The van der Waals surface area contributed by atoms with Gasteiger partial charge in [-0.05, 0) is 116 Å². The van der Waals surface area contributed by atoms with Crippen LogP contribution in [0.15, 0.2) is 12.2 Å². The maximum Gasteiger partial charge on any atom is 0.311 e. The van der Waals surface area contributed by atoms with Gasteiger partial charge in [0.2, 0.25) is 0 Å². The zero-order chi connectivity index (χ0) is 26.5. The third-order valence-corrected chi connectivity index (χ3v) is 13.8. The van der Waals surface area contributed by atoms with Gasteiger partial charge in [0, 0.05) is 6.04 Å². The summed E-state index contributed by atoms with van der Waals surface area (Å²) in [4.78, 5) is 18.7. The minimum absolute atomic E-state index is 0.0158. The van der Waals surface area contributed by atoms with E-state index in [0.717, 1.165) is 50.5 Å². The minimum Gasteiger partial charge on any atom is -0.481 e. The van der Waals surface area contributed by atoms with Crippen LogP contribution in [0.25, 0.3) is 0 Å². The van der Waals surface area contributed by atoms with E-state index in [1.54, 1.807) is 7.11 Å². The zero-order valence-corrected chi connectivity index (χ0v) is 23.8. The van der Waals surface area contributed by atoms with Crippen molar-refractivity contribution in [2.45, 2.75) is 111 Å². The lowest BCUT2D eigenvalue weighted by molar-refractivity contribution is -0.256. The fourth-order valence-corrected chi connectivity index (χ4v) is 11.9. The molecule has 5 nitrogen and oxygen atoms in total. The molecule has 0 aliphatic heterocycles. The molecule has 11 atom stereocenters. The number of aliphatic hydroxyl groups excluding tert-OH is 1. The molecule has 5 heteroatoms. The highest BCUT2D eigenvalue weighted by molar-refractivity contribution is 5.77. The number of aliphatic hydroxyl groups is 1. The molecule has 0 aromatic carbocycles. The Hall–Kier alpha value is -0.910. The minimum atomic E-state index is -0.801. The number of rotatable bonds is 4. The Morgan fingerprint density at radius 3 is 2.25 bits per heavy atom. The first-order chi connectivity index (χ1) is 16.7. The largest absolute Gasteiger partial charge is 0.481 e. The third-order valence-electron chi connectivity index (χ3n) is 13.8. The molecule has 0 bridgehead atoms. The number of hydrogen-bond donors (Lipinski definition) is 3. The molecule has 0 saturated heterocycles. The second-order valence-corrected chi connectivity index (χ2v) is 15.0. The maximum absolute atomic E-state index is 13.1. The average molecular weight is 502 g/mol. The van der Waals surface area contributed by atoms with Crippen LogP contribution >= 0.6 is 0 Å². The molecule has 0 aromatic rings. The number of aliphatic carboxylic acids is 1. The summed E-state index contributed by atoms with van der Waals surface area (Å²) in [6.07, 6.45) is 8.81. The van der Waals surface area contributed by atoms with Crippen molar-refractivity contribution in [2.75, 3.05) is 7.11 Å². The van der Waals surface area contributed by atoms with Crippen LogP contribution in [0.3, 0.4) is 0 Å². The van der Waals surface area contributed by atoms with Crippen LogP contribution in [-0.2, 0) is 9.63 Å². The van der Waals surface area contributed by atoms with Crippen LogP contribution in [0.1, 0.15) is 99.3 Å². The fraction of sp³-hybridized carbons (Fsp3) is 0.903. The SMILES string of the molecule is C=C(C)[C@@H]1CC[C@]2(C(=O)O)C(NOC)C[C@]3(C)[C@H](CC[C@@H]4[C@@]5(C)CC[C@H](O)C(C)(C)[C@@H]5CC[C@]43C)[C@@H]12. The number of allylic oxidation sites excluding steroid dienone is 1. The topological polar surface area (TPSA) is 78.8 Å². The molecular formula is C31H51NO4. The number of hydroxylamine groups is 1. The summed E-state index contributed by atoms with van der Waals surface area (Å²) in [5, 5.41) is 21.8. The average Bonchev–Trinajstić information content (AvgIpc) is 3.20. The number of carboxylic acid groups (broad SMARTS) is 1. The molecular weight excluding hydrogens is 450 g/mol. The van der Waals surface area contributed by atoms with Gasteiger partial charge in [0.25, 0.3) is 0 Å². The Labute approximate surface area is 218 Å². The van der Waals surface area contributed by atoms with Crippen molar-refractivity contribution in [3.63, 3.8) is 0 Å². The van der Waals surface area contributed by atoms with Crippen LogP contribution in [0, 0.1) is 56.7 Å². The van der Waals surface area contributed by atoms with Crippen molar-refractivity contribution in [1.29, 1.82) is 0 Å². The van der Waals surface area contributed by atoms with E-state index in [0.29, 0.717) is 24.2 Å². The number of hydrogen-bond acceptors (Lipinski definition) is 4. The molecule has 0 spiro atoms. The van der Waals surface area contributed by atoms with Crippen molar-refractivity contribution in [2.24, 2.45) is 56.7 Å². The number of carboxylic acids is 1. The fourth-order valence-electron chi connectivity index (χ4n) is 11.9. The predicted molar refractivity (Wildman–Crippen MR) is 142 cm³/mol. The third kappa shape index (κ3) is 3.09. The predicted octanol–water partition coefficient (Wildman–Crippen LogP) is 6.22. The first-order valence-corrected chi connectivity index (χ1v) is 14.6. The molecule has 5 aliphatic carbocycles. The highest BCUT2D eigenvalue weighted by Crippen LogP contribution is 2.77. The summed E-state index contributed by atoms with van der Waals surface area (Å²) in [6.45, 7) is 18.7. The second kappa shape index (κ2) is 8.29. The normalized spacial score (nSPS) is 53.5. The van der Waals surface area contributed by atoms with Crippen LogP contribution in [0.4, 0.5) is 0 Å². The first kappa shape index (κ1) is 26.7. The van der Waals surface area contributed by atoms with Gasteiger partial charge in [-0.2, -0.15) is 5.48 Å². The smallest absolute Gasteiger partial charge is 0.311 e. The van der Waals surface area contributed by atoms with E-state index in [-0.39, 0.29) is 45.6 Å². The van der Waals surface area contributed by atoms with E-state index in [9.17, 15) is 15.0 Å². The molecule has 5 saturated carbocycles. The summed E-state index contributed by atoms with van der Waals surface area (Å²) >= 11 is 0. The molecule has 0 radical (unpaired) electrons. The van der Waals surface area contributed by atoms with Crippen molar-refractivity contribution in [3.05, 3.63) is 12.2 Å². The van der Waals surface area contributed by atoms with E-state index in [2.05, 4.69) is 53.6 Å². The summed E-state index contributed by atoms with van der Waals surface area (Å²) in [6, 6.07) is -0.207. The molecule has 1 unspecified atom stereocenters. The highest BCUT2D eigenvalue weighted by atomic mass is 16.6. The van der Waals surface area contributed by atoms with Gasteiger partial charge in [0.1, 0.15) is 0 Å². The van der Waals surface area contributed by atoms with E-state index >= 15 is 0 Å². The van der Waals surface area contributed by atoms with Gasteiger partial charge in [-0.25, -0.2) is 0 Å². The summed E-state index contributed by atoms with van der Waals surface area (Å²) in [5.41, 5.74) is 3.88. The van der Waals surface area contributed by atoms with Gasteiger partial charge in [-0.1, -0.05) is 46.8 Å². The zero-order valence-electron chi connectivity index (χ0n) is 23.8. The van der Waals surface area contributed by atoms with Gasteiger partial charge in [-0.15, -0.1) is 0 Å². The maximum atomic E-state index is 13.1. The quantitative estimate of drug-likeness (QED) is 0.315. The van der Waals surface area contributed by atoms with Crippen molar-refractivity contribution >= 4 is 5.97 Å². The summed E-state index contributed by atoms with van der Waals surface area (Å²) in [5.74, 6) is 1.17. The molecule has 0 heterocycles. The van der Waals surface area contributed by atoms with Crippen LogP contribution in [0.5, 0.6) is 0 Å². The number of fused-ring (bicyclic) bond motifs is 7. The monoisotopic (exact) mass is 501 g/mol. The Morgan fingerprint density at radius 1 is 0.944 bits per heavy atom. The number of nitrogens with one attached hydrogen (secondary N) is 1. The van der Waals surface area contributed by atoms with Crippen LogP contribution in [-0.4, -0.2) is 35.4 Å². The van der Waals surface area contributed by atoms with E-state index < -0.39 is 11.4 Å². The van der Waals surface area contributed by atoms with Crippen LogP contribution in [0.2, 0.25) is 0 Å². The lowest BCUT2D eigenvalue weighted by atomic mass is 9.32. The van der Waals surface area contributed by atoms with E-state index in [1.165, 1.54) is 6.42 Å². The van der Waals surface area contributed by atoms with Gasteiger partial charge in [-0.3, -0.25) is 4.79 Å². The molecule has 0 amide bonds. The molecule has 204 valence electrons. The Kier molecular flexibility index (Phi) is 6.15. The lowest BCUT2D eigenvalue weighted by Gasteiger charge is -2.73. The molecule has 0 aromatic heterocycles. The van der Waals surface area contributed by atoms with E-state index in [4.69, 9.17) is 4.84 Å². The molecule has 5 rings (SSSR count). The van der Waals surface area contributed by atoms with Crippen molar-refractivity contribution < 1.29 is 19.8 Å². The Balaban J connectivity index is 1.62. The molecule has 3 N–H and O–H groups in total. The summed E-state index contributed by atoms with van der Waals surface area (Å²) in [7, 11) is 1.64. The lowest BCUT2D eigenvalue weighted by Crippen LogP contribution is -2.70. The molecule has 5 fully saturated rings. The van der Waals surface area contributed by atoms with Crippen molar-refractivity contribution in [1.82, 2.24) is 5.48 Å². The Morgan fingerprint density at radius 2 is 1.64 bits per heavy atom. The van der Waals surface area contributed by atoms with Gasteiger partial charge in [0.15, 0.2) is 0 Å². The standard InChI is InChI=1S/C31H51NO4/c1-18(2)19-11-16-31(26(34)35)23(32-36-8)17-30(7)20(25(19)31)9-10-22-28(5)14-13-24(33)27(3,4)21(28)12-15-29(22,30)6/h19-25,32-33H,1,9-17H2,2-8H3,(H,34,35)/t19-,20+,21-,22+,23?,24-,25+,28-,29+,30+,31-/m0/s1. The molecule has 5 aliphatic rings. The first-order valence-electron chi connectivity index (χ1n) is 14.6.